The summed E-state index contributed by atoms with van der Waals surface area (Å²) in [4.78, 5) is 2.30. The largest absolute Gasteiger partial charge is 0.306 e. The Morgan fingerprint density at radius 3 is 2.26 bits per heavy atom. The first kappa shape index (κ1) is 14.4. The van der Waals surface area contributed by atoms with Crippen LogP contribution in [0, 0.1) is 23.4 Å². The van der Waals surface area contributed by atoms with E-state index in [9.17, 15) is 13.2 Å². The molecule has 1 fully saturated rings. The Balaban J connectivity index is 1.83. The molecule has 1 aliphatic heterocycles. The highest BCUT2D eigenvalue weighted by atomic mass is 19.1. The van der Waals surface area contributed by atoms with Crippen LogP contribution in [0.3, 0.4) is 0 Å². The summed E-state index contributed by atoms with van der Waals surface area (Å²) >= 11 is 0. The highest BCUT2D eigenvalue weighted by Crippen LogP contribution is 2.23. The van der Waals surface area contributed by atoms with Gasteiger partial charge in [0.25, 0.3) is 0 Å². The number of hydrogen-bond acceptors (Lipinski definition) is 1. The van der Waals surface area contributed by atoms with Crippen LogP contribution in [-0.2, 0) is 6.42 Å². The van der Waals surface area contributed by atoms with Gasteiger partial charge in [-0.15, -0.1) is 0 Å². The molecule has 1 aliphatic rings. The standard InChI is InChI=1S/C15H20F3N/c1-19-7-5-11(6-8-19)3-2-4-13-14(17)9-12(16)10-15(13)18/h9-11H,2-8H2,1H3. The molecule has 0 spiro atoms. The molecule has 1 saturated heterocycles. The van der Waals surface area contributed by atoms with E-state index >= 15 is 0 Å². The number of hydrogen-bond donors (Lipinski definition) is 0. The summed E-state index contributed by atoms with van der Waals surface area (Å²) in [5, 5.41) is 0. The Morgan fingerprint density at radius 2 is 1.68 bits per heavy atom. The van der Waals surface area contributed by atoms with Gasteiger partial charge in [-0.1, -0.05) is 6.42 Å². The minimum atomic E-state index is -0.853. The Kier molecular flexibility index (Phi) is 4.86. The van der Waals surface area contributed by atoms with E-state index in [-0.39, 0.29) is 5.56 Å². The summed E-state index contributed by atoms with van der Waals surface area (Å²) in [6.45, 7) is 2.20. The molecule has 0 N–H and O–H groups in total. The van der Waals surface area contributed by atoms with Crippen LogP contribution in [0.1, 0.15) is 31.2 Å². The minimum Gasteiger partial charge on any atom is -0.306 e. The number of likely N-dealkylation sites (tertiary alicyclic amines) is 1. The summed E-state index contributed by atoms with van der Waals surface area (Å²) in [7, 11) is 2.11. The number of benzene rings is 1. The van der Waals surface area contributed by atoms with Gasteiger partial charge in [0, 0.05) is 17.7 Å². The molecule has 19 heavy (non-hydrogen) atoms. The van der Waals surface area contributed by atoms with Crippen molar-refractivity contribution in [3.05, 3.63) is 35.1 Å². The van der Waals surface area contributed by atoms with Crippen LogP contribution in [0.5, 0.6) is 0 Å². The molecule has 0 amide bonds. The van der Waals surface area contributed by atoms with Crippen molar-refractivity contribution in [1.29, 1.82) is 0 Å². The molecule has 0 saturated carbocycles. The second-order valence-electron chi connectivity index (χ2n) is 5.49. The van der Waals surface area contributed by atoms with E-state index in [1.54, 1.807) is 0 Å². The second kappa shape index (κ2) is 6.42. The van der Waals surface area contributed by atoms with E-state index in [2.05, 4.69) is 11.9 Å². The molecule has 0 radical (unpaired) electrons. The van der Waals surface area contributed by atoms with Crippen molar-refractivity contribution in [2.45, 2.75) is 32.1 Å². The highest BCUT2D eigenvalue weighted by molar-refractivity contribution is 5.20. The second-order valence-corrected chi connectivity index (χ2v) is 5.49. The zero-order valence-corrected chi connectivity index (χ0v) is 11.3. The van der Waals surface area contributed by atoms with E-state index in [1.807, 2.05) is 0 Å². The normalized spacial score (nSPS) is 17.9. The molecule has 1 heterocycles. The zero-order chi connectivity index (χ0) is 13.8. The average molecular weight is 271 g/mol. The maximum Gasteiger partial charge on any atom is 0.132 e. The predicted molar refractivity (Wildman–Crippen MR) is 69.5 cm³/mol. The van der Waals surface area contributed by atoms with Crippen LogP contribution >= 0.6 is 0 Å². The molecule has 106 valence electrons. The number of halogens is 3. The summed E-state index contributed by atoms with van der Waals surface area (Å²) in [5.74, 6) is -1.72. The topological polar surface area (TPSA) is 3.24 Å². The monoisotopic (exact) mass is 271 g/mol. The minimum absolute atomic E-state index is 0.0225. The highest BCUT2D eigenvalue weighted by Gasteiger charge is 2.17. The average Bonchev–Trinajstić information content (AvgIpc) is 2.34. The quantitative estimate of drug-likeness (QED) is 0.805. The van der Waals surface area contributed by atoms with E-state index < -0.39 is 17.5 Å². The van der Waals surface area contributed by atoms with Crippen LogP contribution in [0.25, 0.3) is 0 Å². The molecule has 1 aromatic rings. The van der Waals surface area contributed by atoms with Crippen molar-refractivity contribution >= 4 is 0 Å². The number of piperidine rings is 1. The van der Waals surface area contributed by atoms with Gasteiger partial charge in [-0.3, -0.25) is 0 Å². The molecule has 1 aromatic carbocycles. The molecule has 0 aromatic heterocycles. The summed E-state index contributed by atoms with van der Waals surface area (Å²) in [6.07, 6.45) is 4.41. The predicted octanol–water partition coefficient (Wildman–Crippen LogP) is 3.77. The van der Waals surface area contributed by atoms with Crippen LogP contribution in [0.4, 0.5) is 13.2 Å². The van der Waals surface area contributed by atoms with Gasteiger partial charge in [-0.25, -0.2) is 13.2 Å². The van der Waals surface area contributed by atoms with Crippen molar-refractivity contribution < 1.29 is 13.2 Å². The van der Waals surface area contributed by atoms with Gasteiger partial charge in [0.15, 0.2) is 0 Å². The maximum atomic E-state index is 13.4. The van der Waals surface area contributed by atoms with Crippen molar-refractivity contribution in [3.63, 3.8) is 0 Å². The number of rotatable bonds is 4. The first-order valence-electron chi connectivity index (χ1n) is 6.88. The lowest BCUT2D eigenvalue weighted by molar-refractivity contribution is 0.210. The van der Waals surface area contributed by atoms with Gasteiger partial charge >= 0.3 is 0 Å². The molecule has 0 bridgehead atoms. The molecule has 0 aliphatic carbocycles. The molecule has 1 nitrogen and oxygen atoms in total. The lowest BCUT2D eigenvalue weighted by atomic mass is 9.91. The van der Waals surface area contributed by atoms with Crippen LogP contribution < -0.4 is 0 Å². The van der Waals surface area contributed by atoms with Gasteiger partial charge in [-0.05, 0) is 51.7 Å². The van der Waals surface area contributed by atoms with Crippen molar-refractivity contribution in [2.75, 3.05) is 20.1 Å². The Morgan fingerprint density at radius 1 is 1.11 bits per heavy atom. The van der Waals surface area contributed by atoms with Crippen molar-refractivity contribution in [1.82, 2.24) is 4.90 Å². The third kappa shape index (κ3) is 3.96. The van der Waals surface area contributed by atoms with Crippen LogP contribution in [0.2, 0.25) is 0 Å². The fraction of sp³-hybridized carbons (Fsp3) is 0.600. The first-order valence-corrected chi connectivity index (χ1v) is 6.88. The van der Waals surface area contributed by atoms with Crippen LogP contribution in [0.15, 0.2) is 12.1 Å². The van der Waals surface area contributed by atoms with E-state index in [1.165, 1.54) is 0 Å². The van der Waals surface area contributed by atoms with Gasteiger partial charge in [-0.2, -0.15) is 0 Å². The summed E-state index contributed by atoms with van der Waals surface area (Å²) in [6, 6.07) is 1.52. The molecule has 2 rings (SSSR count). The fourth-order valence-electron chi connectivity index (χ4n) is 2.73. The Bertz CT molecular complexity index is 402. The lowest BCUT2D eigenvalue weighted by Gasteiger charge is -2.28. The first-order chi connectivity index (χ1) is 9.06. The Labute approximate surface area is 112 Å². The molecule has 0 atom stereocenters. The summed E-state index contributed by atoms with van der Waals surface area (Å²) < 4.78 is 39.7. The number of nitrogens with zero attached hydrogens (tertiary/aromatic N) is 1. The maximum absolute atomic E-state index is 13.4. The van der Waals surface area contributed by atoms with E-state index in [0.717, 1.165) is 50.9 Å². The Hall–Kier alpha value is -1.03. The van der Waals surface area contributed by atoms with E-state index in [0.29, 0.717) is 12.3 Å². The summed E-state index contributed by atoms with van der Waals surface area (Å²) in [5.41, 5.74) is 0.0225. The third-order valence-corrected chi connectivity index (χ3v) is 3.98. The molecule has 4 heteroatoms. The third-order valence-electron chi connectivity index (χ3n) is 3.98. The SMILES string of the molecule is CN1CCC(CCCc2c(F)cc(F)cc2F)CC1. The van der Waals surface area contributed by atoms with Gasteiger partial charge in [0.1, 0.15) is 17.5 Å². The van der Waals surface area contributed by atoms with Gasteiger partial charge in [0.2, 0.25) is 0 Å². The van der Waals surface area contributed by atoms with Gasteiger partial charge < -0.3 is 4.90 Å². The van der Waals surface area contributed by atoms with Gasteiger partial charge in [0.05, 0.1) is 0 Å². The molecular weight excluding hydrogens is 251 g/mol. The van der Waals surface area contributed by atoms with E-state index in [4.69, 9.17) is 0 Å². The van der Waals surface area contributed by atoms with Crippen molar-refractivity contribution in [3.8, 4) is 0 Å². The fourth-order valence-corrected chi connectivity index (χ4v) is 2.73. The van der Waals surface area contributed by atoms with Crippen LogP contribution in [-0.4, -0.2) is 25.0 Å². The zero-order valence-electron chi connectivity index (χ0n) is 11.3. The lowest BCUT2D eigenvalue weighted by Crippen LogP contribution is -2.30. The smallest absolute Gasteiger partial charge is 0.132 e. The van der Waals surface area contributed by atoms with Crippen molar-refractivity contribution in [2.24, 2.45) is 5.92 Å². The molecule has 0 unspecified atom stereocenters. The molecular formula is C15H20F3N.